The maximum absolute atomic E-state index is 12.9. The minimum absolute atomic E-state index is 0.0000254. The molecule has 160 valence electrons. The van der Waals surface area contributed by atoms with Gasteiger partial charge in [-0.3, -0.25) is 9.59 Å². The Bertz CT molecular complexity index is 884. The molecule has 1 N–H and O–H groups in total. The maximum atomic E-state index is 12.9. The van der Waals surface area contributed by atoms with E-state index in [2.05, 4.69) is 21.2 Å². The number of benzene rings is 2. The SMILES string of the molecule is COc1cc(CNC(=O)C2(C)CCN(C(=O)c3ccc(Br)cc3)CC2)cc(OC)c1. The highest BCUT2D eigenvalue weighted by atomic mass is 79.9. The first-order valence-electron chi connectivity index (χ1n) is 9.90. The van der Waals surface area contributed by atoms with Crippen molar-refractivity contribution < 1.29 is 19.1 Å². The molecule has 0 aliphatic carbocycles. The van der Waals surface area contributed by atoms with E-state index in [4.69, 9.17) is 9.47 Å². The van der Waals surface area contributed by atoms with Gasteiger partial charge in [0.15, 0.2) is 0 Å². The van der Waals surface area contributed by atoms with Crippen LogP contribution in [-0.2, 0) is 11.3 Å². The van der Waals surface area contributed by atoms with Crippen LogP contribution in [0.3, 0.4) is 0 Å². The van der Waals surface area contributed by atoms with Gasteiger partial charge in [-0.1, -0.05) is 22.9 Å². The first kappa shape index (κ1) is 22.2. The fourth-order valence-electron chi connectivity index (χ4n) is 3.57. The Morgan fingerprint density at radius 2 is 1.60 bits per heavy atom. The second-order valence-electron chi connectivity index (χ2n) is 7.76. The van der Waals surface area contributed by atoms with E-state index in [9.17, 15) is 9.59 Å². The second kappa shape index (κ2) is 9.51. The average molecular weight is 475 g/mol. The molecule has 2 amide bonds. The number of amides is 2. The molecular weight excluding hydrogens is 448 g/mol. The largest absolute Gasteiger partial charge is 0.497 e. The summed E-state index contributed by atoms with van der Waals surface area (Å²) in [5, 5.41) is 3.04. The van der Waals surface area contributed by atoms with E-state index in [1.54, 1.807) is 20.3 Å². The van der Waals surface area contributed by atoms with Crippen LogP contribution in [-0.4, -0.2) is 44.0 Å². The van der Waals surface area contributed by atoms with Crippen LogP contribution in [0.25, 0.3) is 0 Å². The smallest absolute Gasteiger partial charge is 0.253 e. The Hall–Kier alpha value is -2.54. The molecule has 0 unspecified atom stereocenters. The van der Waals surface area contributed by atoms with Crippen molar-refractivity contribution in [1.29, 1.82) is 0 Å². The van der Waals surface area contributed by atoms with Gasteiger partial charge in [0.1, 0.15) is 11.5 Å². The fourth-order valence-corrected chi connectivity index (χ4v) is 3.83. The Balaban J connectivity index is 1.57. The number of likely N-dealkylation sites (tertiary alicyclic amines) is 1. The van der Waals surface area contributed by atoms with Gasteiger partial charge in [-0.05, 0) is 54.8 Å². The summed E-state index contributed by atoms with van der Waals surface area (Å²) in [5.41, 5.74) is 1.07. The Kier molecular flexibility index (Phi) is 7.02. The first-order valence-corrected chi connectivity index (χ1v) is 10.7. The van der Waals surface area contributed by atoms with E-state index >= 15 is 0 Å². The predicted octanol–water partition coefficient (Wildman–Crippen LogP) is 4.03. The predicted molar refractivity (Wildman–Crippen MR) is 119 cm³/mol. The van der Waals surface area contributed by atoms with E-state index in [-0.39, 0.29) is 11.8 Å². The third-order valence-electron chi connectivity index (χ3n) is 5.66. The number of nitrogens with one attached hydrogen (secondary N) is 1. The number of hydrogen-bond acceptors (Lipinski definition) is 4. The number of piperidine rings is 1. The van der Waals surface area contributed by atoms with E-state index in [1.807, 2.05) is 48.2 Å². The summed E-state index contributed by atoms with van der Waals surface area (Å²) in [4.78, 5) is 27.4. The molecule has 6 nitrogen and oxygen atoms in total. The second-order valence-corrected chi connectivity index (χ2v) is 8.68. The molecular formula is C23H27BrN2O4. The zero-order chi connectivity index (χ0) is 21.7. The monoisotopic (exact) mass is 474 g/mol. The lowest BCUT2D eigenvalue weighted by Crippen LogP contribution is -2.48. The molecule has 1 heterocycles. The van der Waals surface area contributed by atoms with Gasteiger partial charge in [0.05, 0.1) is 14.2 Å². The molecule has 0 saturated carbocycles. The molecule has 2 aromatic carbocycles. The van der Waals surface area contributed by atoms with E-state index < -0.39 is 5.41 Å². The molecule has 7 heteroatoms. The van der Waals surface area contributed by atoms with Crippen molar-refractivity contribution in [2.45, 2.75) is 26.3 Å². The summed E-state index contributed by atoms with van der Waals surface area (Å²) < 4.78 is 11.5. The molecule has 1 fully saturated rings. The van der Waals surface area contributed by atoms with Gasteiger partial charge in [-0.2, -0.15) is 0 Å². The summed E-state index contributed by atoms with van der Waals surface area (Å²) in [7, 11) is 3.20. The Morgan fingerprint density at radius 3 is 2.13 bits per heavy atom. The fraction of sp³-hybridized carbons (Fsp3) is 0.391. The minimum atomic E-state index is -0.501. The zero-order valence-corrected chi connectivity index (χ0v) is 19.1. The molecule has 0 aromatic heterocycles. The van der Waals surface area contributed by atoms with Gasteiger partial charge < -0.3 is 19.7 Å². The molecule has 0 atom stereocenters. The highest BCUT2D eigenvalue weighted by Gasteiger charge is 2.38. The van der Waals surface area contributed by atoms with Crippen LogP contribution < -0.4 is 14.8 Å². The lowest BCUT2D eigenvalue weighted by Gasteiger charge is -2.38. The van der Waals surface area contributed by atoms with Gasteiger partial charge in [-0.15, -0.1) is 0 Å². The molecule has 30 heavy (non-hydrogen) atoms. The number of carbonyl (C=O) groups excluding carboxylic acids is 2. The number of methoxy groups -OCH3 is 2. The summed E-state index contributed by atoms with van der Waals surface area (Å²) in [6, 6.07) is 12.9. The van der Waals surface area contributed by atoms with Crippen molar-refractivity contribution in [1.82, 2.24) is 10.2 Å². The molecule has 1 saturated heterocycles. The van der Waals surface area contributed by atoms with Crippen LogP contribution in [0.5, 0.6) is 11.5 Å². The normalized spacial score (nSPS) is 15.4. The molecule has 1 aliphatic rings. The highest BCUT2D eigenvalue weighted by Crippen LogP contribution is 2.32. The van der Waals surface area contributed by atoms with Crippen LogP contribution in [0, 0.1) is 5.41 Å². The number of ether oxygens (including phenoxy) is 2. The van der Waals surface area contributed by atoms with Gasteiger partial charge in [-0.25, -0.2) is 0 Å². The zero-order valence-electron chi connectivity index (χ0n) is 17.5. The van der Waals surface area contributed by atoms with Crippen LogP contribution in [0.4, 0.5) is 0 Å². The summed E-state index contributed by atoms with van der Waals surface area (Å²) in [6.07, 6.45) is 1.26. The van der Waals surface area contributed by atoms with Crippen molar-refractivity contribution in [2.24, 2.45) is 5.41 Å². The average Bonchev–Trinajstić information content (AvgIpc) is 2.77. The minimum Gasteiger partial charge on any atom is -0.497 e. The van der Waals surface area contributed by atoms with E-state index in [0.29, 0.717) is 49.5 Å². The molecule has 2 aromatic rings. The van der Waals surface area contributed by atoms with Gasteiger partial charge in [0.2, 0.25) is 5.91 Å². The number of rotatable bonds is 6. The lowest BCUT2D eigenvalue weighted by molar-refractivity contribution is -0.132. The Labute approximate surface area is 185 Å². The third kappa shape index (κ3) is 5.14. The van der Waals surface area contributed by atoms with Crippen LogP contribution >= 0.6 is 15.9 Å². The molecule has 0 spiro atoms. The molecule has 0 radical (unpaired) electrons. The number of hydrogen-bond donors (Lipinski definition) is 1. The van der Waals surface area contributed by atoms with Gasteiger partial charge in [0, 0.05) is 41.2 Å². The first-order chi connectivity index (χ1) is 14.3. The summed E-state index contributed by atoms with van der Waals surface area (Å²) in [5.74, 6) is 1.38. The molecule has 1 aliphatic heterocycles. The van der Waals surface area contributed by atoms with Crippen LogP contribution in [0.1, 0.15) is 35.7 Å². The molecule has 0 bridgehead atoms. The number of carbonyl (C=O) groups is 2. The molecule has 3 rings (SSSR count). The quantitative estimate of drug-likeness (QED) is 0.686. The summed E-state index contributed by atoms with van der Waals surface area (Å²) >= 11 is 3.39. The van der Waals surface area contributed by atoms with Crippen molar-refractivity contribution in [3.05, 3.63) is 58.1 Å². The summed E-state index contributed by atoms with van der Waals surface area (Å²) in [6.45, 7) is 3.48. The topological polar surface area (TPSA) is 67.9 Å². The van der Waals surface area contributed by atoms with E-state index in [1.165, 1.54) is 0 Å². The van der Waals surface area contributed by atoms with Gasteiger partial charge >= 0.3 is 0 Å². The standard InChI is InChI=1S/C23H27BrN2O4/c1-23(22(28)25-15-16-12-19(29-2)14-20(13-16)30-3)8-10-26(11-9-23)21(27)17-4-6-18(24)7-5-17/h4-7,12-14H,8-11,15H2,1-3H3,(H,25,28). The third-order valence-corrected chi connectivity index (χ3v) is 6.19. The Morgan fingerprint density at radius 1 is 1.03 bits per heavy atom. The van der Waals surface area contributed by atoms with Crippen molar-refractivity contribution in [3.63, 3.8) is 0 Å². The lowest BCUT2D eigenvalue weighted by atomic mass is 9.79. The van der Waals surface area contributed by atoms with Crippen molar-refractivity contribution in [3.8, 4) is 11.5 Å². The highest BCUT2D eigenvalue weighted by molar-refractivity contribution is 9.10. The number of nitrogens with zero attached hydrogens (tertiary/aromatic N) is 1. The van der Waals surface area contributed by atoms with Gasteiger partial charge in [0.25, 0.3) is 5.91 Å². The van der Waals surface area contributed by atoms with Crippen LogP contribution in [0.15, 0.2) is 46.9 Å². The van der Waals surface area contributed by atoms with Crippen molar-refractivity contribution in [2.75, 3.05) is 27.3 Å². The number of halogens is 1. The van der Waals surface area contributed by atoms with Crippen molar-refractivity contribution >= 4 is 27.7 Å². The van der Waals surface area contributed by atoms with Crippen LogP contribution in [0.2, 0.25) is 0 Å². The maximum Gasteiger partial charge on any atom is 0.253 e. The van der Waals surface area contributed by atoms with E-state index in [0.717, 1.165) is 10.0 Å².